The summed E-state index contributed by atoms with van der Waals surface area (Å²) in [4.78, 5) is 0. The van der Waals surface area contributed by atoms with Crippen LogP contribution in [0.3, 0.4) is 0 Å². The van der Waals surface area contributed by atoms with Crippen LogP contribution in [-0.2, 0) is 0 Å². The molecule has 0 aromatic heterocycles. The topological polar surface area (TPSA) is 0 Å². The van der Waals surface area contributed by atoms with Gasteiger partial charge in [-0.2, -0.15) is 0 Å². The summed E-state index contributed by atoms with van der Waals surface area (Å²) in [6.45, 7) is 0. The van der Waals surface area contributed by atoms with E-state index < -0.39 is 0 Å². The van der Waals surface area contributed by atoms with Gasteiger partial charge in [0.2, 0.25) is 0 Å². The standard InChI is InChI=1S/C6H10N.2ClH/c1-7(2)5-3-4-6(5)7;;/h3-4H2,1-2H3;2*1H/q+1;;/p-1. The van der Waals surface area contributed by atoms with E-state index in [-0.39, 0.29) is 24.8 Å². The van der Waals surface area contributed by atoms with Crippen molar-refractivity contribution in [3.05, 3.63) is 11.4 Å². The molecule has 2 rings (SSSR count). The molecule has 3 heteroatoms. The number of allylic oxidation sites excluding steroid dienone is 2. The van der Waals surface area contributed by atoms with Crippen LogP contribution < -0.4 is 12.4 Å². The number of halogens is 2. The van der Waals surface area contributed by atoms with Crippen LogP contribution in [0.15, 0.2) is 11.4 Å². The lowest BCUT2D eigenvalue weighted by atomic mass is 10.1. The van der Waals surface area contributed by atoms with E-state index in [4.69, 9.17) is 0 Å². The first-order chi connectivity index (χ1) is 3.23. The van der Waals surface area contributed by atoms with Gasteiger partial charge in [-0.3, -0.25) is 4.48 Å². The molecule has 0 radical (unpaired) electrons. The summed E-state index contributed by atoms with van der Waals surface area (Å²) < 4.78 is 1.17. The second kappa shape index (κ2) is 2.15. The third-order valence-electron chi connectivity index (χ3n) is 2.23. The zero-order valence-corrected chi connectivity index (χ0v) is 7.22. The summed E-state index contributed by atoms with van der Waals surface area (Å²) in [6.07, 6.45) is 2.75. The molecule has 0 saturated heterocycles. The van der Waals surface area contributed by atoms with Crippen molar-refractivity contribution in [2.75, 3.05) is 14.1 Å². The number of nitrogens with zero attached hydrogens (tertiary/aromatic N) is 1. The van der Waals surface area contributed by atoms with Gasteiger partial charge in [-0.15, -0.1) is 12.4 Å². The summed E-state index contributed by atoms with van der Waals surface area (Å²) in [5.74, 6) is 0. The normalized spacial score (nSPS) is 24.7. The van der Waals surface area contributed by atoms with Crippen molar-refractivity contribution in [3.63, 3.8) is 0 Å². The summed E-state index contributed by atoms with van der Waals surface area (Å²) in [5.41, 5.74) is 3.39. The van der Waals surface area contributed by atoms with E-state index in [9.17, 15) is 0 Å². The van der Waals surface area contributed by atoms with E-state index in [1.807, 2.05) is 0 Å². The summed E-state index contributed by atoms with van der Waals surface area (Å²) in [7, 11) is 4.52. The molecule has 2 aliphatic rings. The Morgan fingerprint density at radius 1 is 1.11 bits per heavy atom. The van der Waals surface area contributed by atoms with Crippen LogP contribution in [0.5, 0.6) is 0 Å². The second-order valence-electron chi connectivity index (χ2n) is 2.85. The lowest BCUT2D eigenvalue weighted by Crippen LogP contribution is -3.00. The largest absolute Gasteiger partial charge is 1.00 e. The van der Waals surface area contributed by atoms with Gasteiger partial charge in [0.15, 0.2) is 11.4 Å². The monoisotopic (exact) mass is 167 g/mol. The van der Waals surface area contributed by atoms with E-state index in [0.717, 1.165) is 0 Å². The molecule has 0 amide bonds. The van der Waals surface area contributed by atoms with Gasteiger partial charge < -0.3 is 12.4 Å². The molecule has 9 heavy (non-hydrogen) atoms. The number of hydrogen-bond donors (Lipinski definition) is 0. The van der Waals surface area contributed by atoms with Crippen molar-refractivity contribution in [3.8, 4) is 0 Å². The smallest absolute Gasteiger partial charge is 0.171 e. The zero-order chi connectivity index (χ0) is 5.07. The maximum absolute atomic E-state index is 2.26. The molecule has 0 fully saturated rings. The third-order valence-corrected chi connectivity index (χ3v) is 2.23. The highest BCUT2D eigenvalue weighted by Crippen LogP contribution is 2.53. The fraction of sp³-hybridized carbons (Fsp3) is 0.667. The minimum absolute atomic E-state index is 0. The minimum atomic E-state index is 0. The van der Waals surface area contributed by atoms with Gasteiger partial charge in [-0.05, 0) is 0 Å². The number of quaternary nitrogens is 1. The van der Waals surface area contributed by atoms with E-state index in [2.05, 4.69) is 14.1 Å². The Morgan fingerprint density at radius 3 is 1.44 bits per heavy atom. The van der Waals surface area contributed by atoms with Crippen LogP contribution in [0.1, 0.15) is 12.8 Å². The zero-order valence-electron chi connectivity index (χ0n) is 5.65. The van der Waals surface area contributed by atoms with Crippen LogP contribution in [0, 0.1) is 0 Å². The van der Waals surface area contributed by atoms with Crippen LogP contribution >= 0.6 is 12.4 Å². The Morgan fingerprint density at radius 2 is 1.44 bits per heavy atom. The fourth-order valence-electron chi connectivity index (χ4n) is 1.46. The molecule has 1 aliphatic heterocycles. The molecule has 1 heterocycles. The highest BCUT2D eigenvalue weighted by molar-refractivity contribution is 5.85. The van der Waals surface area contributed by atoms with Gasteiger partial charge in [0, 0.05) is 12.8 Å². The molecule has 0 saturated carbocycles. The number of rotatable bonds is 0. The van der Waals surface area contributed by atoms with Gasteiger partial charge in [-0.1, -0.05) is 0 Å². The average molecular weight is 168 g/mol. The molecule has 1 aliphatic carbocycles. The van der Waals surface area contributed by atoms with Crippen molar-refractivity contribution in [2.24, 2.45) is 0 Å². The van der Waals surface area contributed by atoms with Gasteiger partial charge in [0.25, 0.3) is 0 Å². The summed E-state index contributed by atoms with van der Waals surface area (Å²) in [6, 6.07) is 0. The average Bonchev–Trinajstić information content (AvgIpc) is 1.52. The molecule has 0 spiro atoms. The molecular weight excluding hydrogens is 157 g/mol. The first-order valence-electron chi connectivity index (χ1n) is 2.80. The lowest BCUT2D eigenvalue weighted by molar-refractivity contribution is -0.736. The van der Waals surface area contributed by atoms with Crippen molar-refractivity contribution in [2.45, 2.75) is 12.8 Å². The van der Waals surface area contributed by atoms with Gasteiger partial charge in [0.1, 0.15) is 0 Å². The molecule has 0 atom stereocenters. The Balaban J connectivity index is 0.000000320. The first-order valence-corrected chi connectivity index (χ1v) is 2.80. The van der Waals surface area contributed by atoms with Crippen molar-refractivity contribution >= 4 is 12.4 Å². The lowest BCUT2D eigenvalue weighted by Gasteiger charge is -2.00. The Bertz CT molecular complexity index is 144. The van der Waals surface area contributed by atoms with Gasteiger partial charge >= 0.3 is 0 Å². The molecule has 0 bridgehead atoms. The van der Waals surface area contributed by atoms with Crippen LogP contribution in [0.4, 0.5) is 0 Å². The second-order valence-corrected chi connectivity index (χ2v) is 2.85. The predicted octanol–water partition coefficient (Wildman–Crippen LogP) is -1.49. The van der Waals surface area contributed by atoms with Crippen LogP contribution in [0.25, 0.3) is 0 Å². The molecule has 54 valence electrons. The SMILES string of the molecule is C[N+]1(C)C2=C1CC2.Cl.[Cl-]. The van der Waals surface area contributed by atoms with E-state index in [1.54, 1.807) is 11.4 Å². The fourth-order valence-corrected chi connectivity index (χ4v) is 1.46. The Hall–Kier alpha value is 0.280. The molecular formula is C6H11Cl2N. The summed E-state index contributed by atoms with van der Waals surface area (Å²) >= 11 is 0. The van der Waals surface area contributed by atoms with Crippen molar-refractivity contribution < 1.29 is 16.9 Å². The third kappa shape index (κ3) is 0.878. The predicted molar refractivity (Wildman–Crippen MR) is 35.6 cm³/mol. The minimum Gasteiger partial charge on any atom is -1.00 e. The molecule has 0 aromatic carbocycles. The quantitative estimate of drug-likeness (QED) is 0.386. The van der Waals surface area contributed by atoms with Gasteiger partial charge in [0.05, 0.1) is 14.1 Å². The molecule has 0 unspecified atom stereocenters. The first kappa shape index (κ1) is 9.28. The maximum atomic E-state index is 2.26. The van der Waals surface area contributed by atoms with Crippen molar-refractivity contribution in [1.82, 2.24) is 0 Å². The highest BCUT2D eigenvalue weighted by atomic mass is 35.5. The Kier molecular flexibility index (Phi) is 2.22. The van der Waals surface area contributed by atoms with E-state index in [0.29, 0.717) is 0 Å². The van der Waals surface area contributed by atoms with E-state index in [1.165, 1.54) is 17.3 Å². The van der Waals surface area contributed by atoms with E-state index >= 15 is 0 Å². The summed E-state index contributed by atoms with van der Waals surface area (Å²) in [5, 5.41) is 0. The number of likely N-dealkylation sites (tertiary alicyclic amines) is 1. The number of hydrogen-bond acceptors (Lipinski definition) is 0. The Labute approximate surface area is 68.1 Å². The van der Waals surface area contributed by atoms with Crippen molar-refractivity contribution in [1.29, 1.82) is 0 Å². The maximum Gasteiger partial charge on any atom is 0.171 e. The molecule has 0 N–H and O–H groups in total. The molecule has 1 nitrogen and oxygen atoms in total. The van der Waals surface area contributed by atoms with Crippen LogP contribution in [0.2, 0.25) is 0 Å². The van der Waals surface area contributed by atoms with Crippen LogP contribution in [-0.4, -0.2) is 18.6 Å². The van der Waals surface area contributed by atoms with Gasteiger partial charge in [-0.25, -0.2) is 0 Å². The highest BCUT2D eigenvalue weighted by Gasteiger charge is 2.55. The molecule has 0 aromatic rings.